The van der Waals surface area contributed by atoms with E-state index in [1.165, 1.54) is 6.20 Å². The first-order valence-electron chi connectivity index (χ1n) is 7.35. The van der Waals surface area contributed by atoms with Crippen LogP contribution in [0.25, 0.3) is 0 Å². The number of nitrogens with one attached hydrogen (secondary N) is 1. The molecule has 0 spiro atoms. The third-order valence-corrected chi connectivity index (χ3v) is 4.88. The number of nitrogens with zero attached hydrogens (tertiary/aromatic N) is 1. The molecule has 1 aliphatic rings. The van der Waals surface area contributed by atoms with Crippen molar-refractivity contribution in [3.05, 3.63) is 46.8 Å². The van der Waals surface area contributed by atoms with E-state index in [1.54, 1.807) is 0 Å². The van der Waals surface area contributed by atoms with E-state index in [4.69, 9.17) is 9.93 Å². The van der Waals surface area contributed by atoms with Crippen LogP contribution in [0.1, 0.15) is 46.0 Å². The van der Waals surface area contributed by atoms with Crippen molar-refractivity contribution in [3.63, 3.8) is 0 Å². The zero-order valence-corrected chi connectivity index (χ0v) is 14.4. The molecule has 0 aliphatic heterocycles. The highest BCUT2D eigenvalue weighted by Crippen LogP contribution is 2.42. The van der Waals surface area contributed by atoms with Gasteiger partial charge in [0.15, 0.2) is 21.4 Å². The highest BCUT2D eigenvalue weighted by Gasteiger charge is 2.36. The zero-order chi connectivity index (χ0) is 19.7. The van der Waals surface area contributed by atoms with Crippen molar-refractivity contribution in [1.82, 2.24) is 5.16 Å². The van der Waals surface area contributed by atoms with Gasteiger partial charge >= 0.3 is 6.18 Å². The number of carbonyl (C=O) groups excluding carboxylic acids is 1. The smallest absolute Gasteiger partial charge is 0.360 e. The lowest BCUT2D eigenvalue weighted by Gasteiger charge is -2.11. The summed E-state index contributed by atoms with van der Waals surface area (Å²) in [5.41, 5.74) is -1.37. The minimum atomic E-state index is -4.71. The number of ketones is 1. The summed E-state index contributed by atoms with van der Waals surface area (Å²) in [6.45, 7) is 2.50. The highest BCUT2D eigenvalue weighted by atomic mass is 32.2. The van der Waals surface area contributed by atoms with Gasteiger partial charge in [0, 0.05) is 17.7 Å². The molecule has 1 heterocycles. The SMILES string of the molecule is C=N.CS(=O)(=O)c1cc(C(F)(F)F)ccc1C(=O)c1cnoc1C1CC1. The van der Waals surface area contributed by atoms with Gasteiger partial charge in [0.2, 0.25) is 0 Å². The molecular weight excluding hydrogens is 373 g/mol. The minimum absolute atomic E-state index is 0.0441. The van der Waals surface area contributed by atoms with E-state index in [0.29, 0.717) is 17.9 Å². The maximum atomic E-state index is 12.8. The van der Waals surface area contributed by atoms with Gasteiger partial charge < -0.3 is 9.93 Å². The Balaban J connectivity index is 0.00000117. The van der Waals surface area contributed by atoms with Crippen molar-refractivity contribution in [2.24, 2.45) is 0 Å². The molecule has 1 N–H and O–H groups in total. The number of hydrogen-bond acceptors (Lipinski definition) is 6. The van der Waals surface area contributed by atoms with Crippen LogP contribution in [0, 0.1) is 5.41 Å². The first-order valence-corrected chi connectivity index (χ1v) is 9.24. The second kappa shape index (κ2) is 7.02. The van der Waals surface area contributed by atoms with E-state index in [9.17, 15) is 26.4 Å². The molecule has 1 fully saturated rings. The number of alkyl halides is 3. The first-order chi connectivity index (χ1) is 12.1. The molecule has 1 aromatic carbocycles. The molecule has 3 rings (SSSR count). The molecule has 6 nitrogen and oxygen atoms in total. The van der Waals surface area contributed by atoms with Crippen molar-refractivity contribution in [1.29, 1.82) is 5.41 Å². The zero-order valence-electron chi connectivity index (χ0n) is 13.6. The van der Waals surface area contributed by atoms with E-state index in [-0.39, 0.29) is 17.0 Å². The average Bonchev–Trinajstić information content (AvgIpc) is 3.30. The standard InChI is InChI=1S/C15H12F3NO4S.CH3N/c1-24(21,22)12-6-9(15(16,17)18)4-5-10(12)13(20)11-7-19-23-14(11)8-2-3-8;1-2/h4-8H,2-3H2,1H3;2H,1H2. The van der Waals surface area contributed by atoms with Crippen LogP contribution in [0.4, 0.5) is 13.2 Å². The maximum absolute atomic E-state index is 12.8. The van der Waals surface area contributed by atoms with E-state index >= 15 is 0 Å². The Morgan fingerprint density at radius 1 is 1.27 bits per heavy atom. The van der Waals surface area contributed by atoms with Gasteiger partial charge in [-0.05, 0) is 37.8 Å². The van der Waals surface area contributed by atoms with Gasteiger partial charge in [-0.1, -0.05) is 5.16 Å². The largest absolute Gasteiger partial charge is 0.416 e. The Hall–Kier alpha value is -2.49. The number of benzene rings is 1. The Labute approximate surface area is 147 Å². The monoisotopic (exact) mass is 388 g/mol. The second-order valence-electron chi connectivity index (χ2n) is 5.69. The fourth-order valence-corrected chi connectivity index (χ4v) is 3.30. The Kier molecular flexibility index (Phi) is 5.36. The Morgan fingerprint density at radius 2 is 1.88 bits per heavy atom. The molecule has 0 bridgehead atoms. The lowest BCUT2D eigenvalue weighted by Crippen LogP contribution is -2.13. The van der Waals surface area contributed by atoms with Gasteiger partial charge in [-0.2, -0.15) is 13.2 Å². The topological polar surface area (TPSA) is 101 Å². The van der Waals surface area contributed by atoms with Gasteiger partial charge in [-0.25, -0.2) is 8.42 Å². The van der Waals surface area contributed by atoms with Gasteiger partial charge in [0.25, 0.3) is 0 Å². The summed E-state index contributed by atoms with van der Waals surface area (Å²) < 4.78 is 67.3. The Morgan fingerprint density at radius 3 is 2.38 bits per heavy atom. The predicted octanol–water partition coefficient (Wildman–Crippen LogP) is 3.47. The van der Waals surface area contributed by atoms with Crippen LogP contribution < -0.4 is 0 Å². The van der Waals surface area contributed by atoms with E-state index < -0.39 is 32.3 Å². The number of hydrogen-bond donors (Lipinski definition) is 1. The summed E-state index contributed by atoms with van der Waals surface area (Å²) in [6.07, 6.45) is -1.14. The normalized spacial score (nSPS) is 14.5. The van der Waals surface area contributed by atoms with Gasteiger partial charge in [0.1, 0.15) is 0 Å². The van der Waals surface area contributed by atoms with Crippen LogP contribution in [0.15, 0.2) is 33.8 Å². The summed E-state index contributed by atoms with van der Waals surface area (Å²) in [6, 6.07) is 2.05. The summed E-state index contributed by atoms with van der Waals surface area (Å²) in [5, 5.41) is 9.05. The predicted molar refractivity (Wildman–Crippen MR) is 86.3 cm³/mol. The molecule has 26 heavy (non-hydrogen) atoms. The molecule has 0 saturated heterocycles. The van der Waals surface area contributed by atoms with Crippen molar-refractivity contribution in [3.8, 4) is 0 Å². The minimum Gasteiger partial charge on any atom is -0.360 e. The third-order valence-electron chi connectivity index (χ3n) is 3.74. The number of aromatic nitrogens is 1. The summed E-state index contributed by atoms with van der Waals surface area (Å²) in [4.78, 5) is 12.0. The van der Waals surface area contributed by atoms with Gasteiger partial charge in [0.05, 0.1) is 22.2 Å². The van der Waals surface area contributed by atoms with E-state index in [1.807, 2.05) is 0 Å². The van der Waals surface area contributed by atoms with Crippen molar-refractivity contribution >= 4 is 22.3 Å². The number of carbonyl (C=O) groups is 1. The van der Waals surface area contributed by atoms with E-state index in [2.05, 4.69) is 11.9 Å². The van der Waals surface area contributed by atoms with Crippen molar-refractivity contribution < 1.29 is 30.9 Å². The molecule has 0 unspecified atom stereocenters. The Bertz CT molecular complexity index is 931. The molecule has 10 heteroatoms. The van der Waals surface area contributed by atoms with Crippen LogP contribution in [-0.2, 0) is 16.0 Å². The molecule has 0 amide bonds. The lowest BCUT2D eigenvalue weighted by atomic mass is 10.0. The molecule has 0 radical (unpaired) electrons. The molecule has 2 aromatic rings. The van der Waals surface area contributed by atoms with Crippen LogP contribution >= 0.6 is 0 Å². The maximum Gasteiger partial charge on any atom is 0.416 e. The van der Waals surface area contributed by atoms with Crippen molar-refractivity contribution in [2.75, 3.05) is 6.26 Å². The van der Waals surface area contributed by atoms with Crippen LogP contribution in [0.2, 0.25) is 0 Å². The number of rotatable bonds is 4. The molecule has 140 valence electrons. The molecular formula is C16H15F3N2O4S. The van der Waals surface area contributed by atoms with Crippen LogP contribution in [0.3, 0.4) is 0 Å². The second-order valence-corrected chi connectivity index (χ2v) is 7.67. The molecule has 1 aliphatic carbocycles. The summed E-state index contributed by atoms with van der Waals surface area (Å²) in [7, 11) is -4.04. The molecule has 1 saturated carbocycles. The third kappa shape index (κ3) is 4.01. The van der Waals surface area contributed by atoms with Gasteiger partial charge in [-0.3, -0.25) is 4.79 Å². The van der Waals surface area contributed by atoms with Crippen LogP contribution in [-0.4, -0.2) is 32.3 Å². The molecule has 0 atom stereocenters. The van der Waals surface area contributed by atoms with E-state index in [0.717, 1.165) is 25.2 Å². The average molecular weight is 388 g/mol. The molecule has 1 aromatic heterocycles. The van der Waals surface area contributed by atoms with Gasteiger partial charge in [-0.15, -0.1) is 0 Å². The fraction of sp³-hybridized carbons (Fsp3) is 0.312. The first kappa shape index (κ1) is 19.8. The quantitative estimate of drug-likeness (QED) is 0.638. The fourth-order valence-electron chi connectivity index (χ4n) is 2.40. The highest BCUT2D eigenvalue weighted by molar-refractivity contribution is 7.90. The van der Waals surface area contributed by atoms with Crippen LogP contribution in [0.5, 0.6) is 0 Å². The summed E-state index contributed by atoms with van der Waals surface area (Å²) in [5.74, 6) is -0.325. The number of halogens is 3. The lowest BCUT2D eigenvalue weighted by molar-refractivity contribution is -0.137. The number of sulfone groups is 1. The summed E-state index contributed by atoms with van der Waals surface area (Å²) >= 11 is 0. The van der Waals surface area contributed by atoms with Crippen molar-refractivity contribution in [2.45, 2.75) is 29.8 Å².